The molecule has 0 saturated heterocycles. The van der Waals surface area contributed by atoms with Crippen LogP contribution in [0, 0.1) is 5.92 Å². The van der Waals surface area contributed by atoms with Gasteiger partial charge in [-0.2, -0.15) is 0 Å². The molecular weight excluding hydrogens is 372 g/mol. The van der Waals surface area contributed by atoms with Crippen molar-refractivity contribution in [3.05, 3.63) is 70.8 Å². The highest BCUT2D eigenvalue weighted by atomic mass is 14.1. The van der Waals surface area contributed by atoms with E-state index in [0.29, 0.717) is 0 Å². The van der Waals surface area contributed by atoms with Crippen molar-refractivity contribution in [2.45, 2.75) is 123 Å². The van der Waals surface area contributed by atoms with Crippen molar-refractivity contribution in [1.82, 2.24) is 0 Å². The van der Waals surface area contributed by atoms with E-state index < -0.39 is 0 Å². The molecule has 0 atom stereocenters. The second-order valence-corrected chi connectivity index (χ2v) is 7.33. The van der Waals surface area contributed by atoms with Crippen molar-refractivity contribution >= 4 is 0 Å². The number of rotatable bonds is 0. The first-order chi connectivity index (χ1) is 13.2. The highest BCUT2D eigenvalue weighted by molar-refractivity contribution is 5.30. The molecule has 0 nitrogen and oxygen atoms in total. The molecule has 0 saturated carbocycles. The highest BCUT2D eigenvalue weighted by Crippen LogP contribution is 2.20. The van der Waals surface area contributed by atoms with Crippen molar-refractivity contribution in [1.29, 1.82) is 0 Å². The van der Waals surface area contributed by atoms with E-state index in [9.17, 15) is 0 Å². The minimum atomic E-state index is 0. The predicted octanol–water partition coefficient (Wildman–Crippen LogP) is 11.0. The van der Waals surface area contributed by atoms with Gasteiger partial charge in [-0.1, -0.05) is 127 Å². The van der Waals surface area contributed by atoms with Gasteiger partial charge in [0.2, 0.25) is 0 Å². The van der Waals surface area contributed by atoms with E-state index in [0.717, 1.165) is 5.92 Å². The van der Waals surface area contributed by atoms with Crippen LogP contribution in [0.25, 0.3) is 0 Å². The lowest BCUT2D eigenvalue weighted by Crippen LogP contribution is -2.00. The van der Waals surface area contributed by atoms with Gasteiger partial charge in [-0.25, -0.2) is 0 Å². The minimum absolute atomic E-state index is 0. The Bertz CT molecular complexity index is 529. The molecule has 0 heteroatoms. The molecule has 2 aromatic rings. The maximum Gasteiger partial charge on any atom is -0.0273 e. The summed E-state index contributed by atoms with van der Waals surface area (Å²) < 4.78 is 0. The molecule has 0 fully saturated rings. The van der Waals surface area contributed by atoms with Crippen molar-refractivity contribution < 1.29 is 0 Å². The lowest BCUT2D eigenvalue weighted by Gasteiger charge is -2.13. The molecule has 2 aliphatic rings. The predicted molar refractivity (Wildman–Crippen MR) is 152 cm³/mol. The van der Waals surface area contributed by atoms with Gasteiger partial charge in [0.15, 0.2) is 0 Å². The maximum absolute atomic E-state index is 2.26. The molecule has 184 valence electrons. The molecule has 0 radical (unpaired) electrons. The fourth-order valence-electron chi connectivity index (χ4n) is 3.19. The number of hydrogen-bond donors (Lipinski definition) is 0. The second-order valence-electron chi connectivity index (χ2n) is 7.33. The largest absolute Gasteiger partial charge is 0.0776 e. The summed E-state index contributed by atoms with van der Waals surface area (Å²) in [5, 5.41) is 0. The third kappa shape index (κ3) is 17.8. The van der Waals surface area contributed by atoms with Crippen LogP contribution in [0.15, 0.2) is 48.5 Å². The Labute approximate surface area is 199 Å². The maximum atomic E-state index is 2.26. The van der Waals surface area contributed by atoms with Gasteiger partial charge in [0.1, 0.15) is 0 Å². The van der Waals surface area contributed by atoms with Gasteiger partial charge in [-0.3, -0.25) is 0 Å². The van der Waals surface area contributed by atoms with Crippen LogP contribution < -0.4 is 0 Å². The summed E-state index contributed by atoms with van der Waals surface area (Å²) in [4.78, 5) is 0. The molecular formula is C31H60. The average Bonchev–Trinajstić information content (AvgIpc) is 3.20. The molecule has 0 N–H and O–H groups in total. The topological polar surface area (TPSA) is 0 Å². The summed E-state index contributed by atoms with van der Waals surface area (Å²) in [6.45, 7) is 14.5. The van der Waals surface area contributed by atoms with Crippen LogP contribution in [-0.2, 0) is 25.7 Å². The second kappa shape index (κ2) is 26.5. The van der Waals surface area contributed by atoms with Gasteiger partial charge in [-0.15, -0.1) is 0 Å². The monoisotopic (exact) mass is 432 g/mol. The number of fused-ring (bicyclic) bond motifs is 2. The first-order valence-corrected chi connectivity index (χ1v) is 11.3. The first-order valence-electron chi connectivity index (χ1n) is 11.3. The van der Waals surface area contributed by atoms with Gasteiger partial charge < -0.3 is 0 Å². The van der Waals surface area contributed by atoms with E-state index in [1.165, 1.54) is 44.9 Å². The molecule has 4 rings (SSSR count). The van der Waals surface area contributed by atoms with E-state index in [-0.39, 0.29) is 29.7 Å². The Balaban J connectivity index is -0.000000100. The first kappa shape index (κ1) is 39.9. The SMILES string of the molecule is C.C.C.C.CC.CC.CC(C)C.c1ccc2c(c1)CCC2.c1ccc2c(c1)CCCC2. The molecule has 31 heavy (non-hydrogen) atoms. The Morgan fingerprint density at radius 2 is 0.645 bits per heavy atom. The average molecular weight is 433 g/mol. The number of hydrogen-bond acceptors (Lipinski definition) is 0. The molecule has 2 aromatic carbocycles. The molecule has 0 spiro atoms. The summed E-state index contributed by atoms with van der Waals surface area (Å²) in [5.74, 6) is 0.833. The Kier molecular flexibility index (Phi) is 34.0. The summed E-state index contributed by atoms with van der Waals surface area (Å²) in [6, 6.07) is 17.5. The van der Waals surface area contributed by atoms with Crippen LogP contribution in [0.4, 0.5) is 0 Å². The molecule has 0 aliphatic heterocycles. The molecule has 2 aliphatic carbocycles. The summed E-state index contributed by atoms with van der Waals surface area (Å²) >= 11 is 0. The third-order valence-corrected chi connectivity index (χ3v) is 4.27. The zero-order valence-electron chi connectivity index (χ0n) is 19.1. The van der Waals surface area contributed by atoms with Crippen LogP contribution in [0.5, 0.6) is 0 Å². The molecule has 0 aromatic heterocycles. The highest BCUT2D eigenvalue weighted by Gasteiger charge is 2.07. The Morgan fingerprint density at radius 3 is 0.871 bits per heavy atom. The van der Waals surface area contributed by atoms with Gasteiger partial charge >= 0.3 is 0 Å². The normalized spacial score (nSPS) is 11.4. The van der Waals surface area contributed by atoms with E-state index in [4.69, 9.17) is 0 Å². The van der Waals surface area contributed by atoms with E-state index in [2.05, 4.69) is 69.3 Å². The number of aryl methyl sites for hydroxylation is 4. The molecule has 0 bridgehead atoms. The van der Waals surface area contributed by atoms with Gasteiger partial charge in [0, 0.05) is 0 Å². The smallest absolute Gasteiger partial charge is 0.0273 e. The van der Waals surface area contributed by atoms with Crippen LogP contribution in [-0.4, -0.2) is 0 Å². The van der Waals surface area contributed by atoms with Crippen molar-refractivity contribution in [3.63, 3.8) is 0 Å². The lowest BCUT2D eigenvalue weighted by molar-refractivity contribution is 0.685. The fourth-order valence-corrected chi connectivity index (χ4v) is 3.19. The van der Waals surface area contributed by atoms with Gasteiger partial charge in [0.25, 0.3) is 0 Å². The van der Waals surface area contributed by atoms with Crippen LogP contribution in [0.2, 0.25) is 0 Å². The Morgan fingerprint density at radius 1 is 0.452 bits per heavy atom. The fraction of sp³-hybridized carbons (Fsp3) is 0.613. The molecule has 0 heterocycles. The van der Waals surface area contributed by atoms with Gasteiger partial charge in [0.05, 0.1) is 0 Å². The third-order valence-electron chi connectivity index (χ3n) is 4.27. The van der Waals surface area contributed by atoms with Crippen molar-refractivity contribution in [2.24, 2.45) is 5.92 Å². The summed E-state index contributed by atoms with van der Waals surface area (Å²) in [7, 11) is 0. The van der Waals surface area contributed by atoms with Crippen LogP contribution >= 0.6 is 0 Å². The standard InChI is InChI=1S/C10H12.C9H10.C4H10.2C2H6.4CH4/c1-2-6-10-8-4-3-7-9(10)5-1;1-2-5-9-7-3-6-8(9)4-1;1-4(2)3;2*1-2;;;;/h1-2,5-6H,3-4,7-8H2;1-2,4-5H,3,6-7H2;4H,1-3H3;2*1-2H3;4*1H4. The quantitative estimate of drug-likeness (QED) is 0.388. The summed E-state index contributed by atoms with van der Waals surface area (Å²) in [6.07, 6.45) is 9.34. The zero-order valence-corrected chi connectivity index (χ0v) is 19.1. The van der Waals surface area contributed by atoms with E-state index in [1.54, 1.807) is 22.3 Å². The zero-order chi connectivity index (χ0) is 20.5. The lowest BCUT2D eigenvalue weighted by atomic mass is 9.92. The molecule has 0 amide bonds. The van der Waals surface area contributed by atoms with Crippen molar-refractivity contribution in [2.75, 3.05) is 0 Å². The number of benzene rings is 2. The van der Waals surface area contributed by atoms with E-state index in [1.807, 2.05) is 27.7 Å². The van der Waals surface area contributed by atoms with Crippen LogP contribution in [0.3, 0.4) is 0 Å². The Hall–Kier alpha value is -1.56. The van der Waals surface area contributed by atoms with E-state index >= 15 is 0 Å². The van der Waals surface area contributed by atoms with Gasteiger partial charge in [-0.05, 0) is 73.1 Å². The minimum Gasteiger partial charge on any atom is -0.0776 e. The summed E-state index contributed by atoms with van der Waals surface area (Å²) in [5.41, 5.74) is 6.29. The van der Waals surface area contributed by atoms with Crippen LogP contribution in [0.1, 0.15) is 120 Å². The molecule has 0 unspecified atom stereocenters. The van der Waals surface area contributed by atoms with Crippen molar-refractivity contribution in [3.8, 4) is 0 Å².